The second-order valence-corrected chi connectivity index (χ2v) is 6.53. The van der Waals surface area contributed by atoms with Crippen molar-refractivity contribution in [1.82, 2.24) is 9.80 Å². The van der Waals surface area contributed by atoms with Gasteiger partial charge in [-0.25, -0.2) is 0 Å². The lowest BCUT2D eigenvalue weighted by Crippen LogP contribution is -2.43. The maximum absolute atomic E-state index is 12.8. The summed E-state index contributed by atoms with van der Waals surface area (Å²) in [5.41, 5.74) is 0.984. The van der Waals surface area contributed by atoms with E-state index < -0.39 is 6.10 Å². The first-order valence-electron chi connectivity index (χ1n) is 8.80. The molecule has 2 aliphatic heterocycles. The Morgan fingerprint density at radius 2 is 1.96 bits per heavy atom. The van der Waals surface area contributed by atoms with Crippen molar-refractivity contribution >= 4 is 17.5 Å². The number of likely N-dealkylation sites (tertiary alicyclic amines) is 1. The highest BCUT2D eigenvalue weighted by Gasteiger charge is 2.25. The molecule has 7 nitrogen and oxygen atoms in total. The van der Waals surface area contributed by atoms with Gasteiger partial charge >= 0.3 is 0 Å². The Hall–Kier alpha value is -1.96. The number of aliphatic hydroxyl groups is 1. The monoisotopic (exact) mass is 347 g/mol. The number of piperidine rings is 1. The molecule has 0 spiro atoms. The molecule has 1 atom stereocenters. The molecular formula is C18H25N3O4. The number of para-hydroxylation sites is 1. The number of hydrogen-bond donors (Lipinski definition) is 2. The first kappa shape index (κ1) is 17.8. The molecule has 2 heterocycles. The highest BCUT2D eigenvalue weighted by atomic mass is 16.5. The van der Waals surface area contributed by atoms with Crippen LogP contribution in [0.4, 0.5) is 5.69 Å². The van der Waals surface area contributed by atoms with Crippen molar-refractivity contribution < 1.29 is 19.4 Å². The smallest absolute Gasteiger partial charge is 0.256 e. The van der Waals surface area contributed by atoms with E-state index in [0.29, 0.717) is 37.6 Å². The van der Waals surface area contributed by atoms with Gasteiger partial charge in [-0.1, -0.05) is 12.1 Å². The molecule has 0 bridgehead atoms. The fraction of sp³-hybridized carbons (Fsp3) is 0.556. The molecule has 1 unspecified atom stereocenters. The van der Waals surface area contributed by atoms with Crippen LogP contribution in [0.25, 0.3) is 0 Å². The average Bonchev–Trinajstić information content (AvgIpc) is 2.62. The van der Waals surface area contributed by atoms with Gasteiger partial charge in [-0.15, -0.1) is 0 Å². The van der Waals surface area contributed by atoms with E-state index in [1.807, 2.05) is 4.90 Å². The van der Waals surface area contributed by atoms with E-state index in [2.05, 4.69) is 5.32 Å². The predicted molar refractivity (Wildman–Crippen MR) is 93.5 cm³/mol. The van der Waals surface area contributed by atoms with Gasteiger partial charge in [0, 0.05) is 26.2 Å². The zero-order valence-corrected chi connectivity index (χ0v) is 14.3. The molecule has 0 saturated carbocycles. The Kier molecular flexibility index (Phi) is 6.01. The topological polar surface area (TPSA) is 82.1 Å². The number of morpholine rings is 1. The van der Waals surface area contributed by atoms with E-state index in [4.69, 9.17) is 4.74 Å². The first-order valence-corrected chi connectivity index (χ1v) is 8.80. The van der Waals surface area contributed by atoms with Gasteiger partial charge in [0.25, 0.3) is 5.91 Å². The SMILES string of the molecule is O=C(CN1CCOCC1)Nc1ccccc1C(=O)N1CCCC(O)C1. The van der Waals surface area contributed by atoms with Gasteiger partial charge in [0.05, 0.1) is 37.1 Å². The average molecular weight is 347 g/mol. The minimum atomic E-state index is -0.472. The summed E-state index contributed by atoms with van der Waals surface area (Å²) in [7, 11) is 0. The van der Waals surface area contributed by atoms with Crippen LogP contribution in [0.3, 0.4) is 0 Å². The number of rotatable bonds is 4. The van der Waals surface area contributed by atoms with Gasteiger partial charge in [-0.2, -0.15) is 0 Å². The Bertz CT molecular complexity index is 616. The number of anilines is 1. The normalized spacial score (nSPS) is 21.8. The van der Waals surface area contributed by atoms with Gasteiger partial charge in [-0.05, 0) is 25.0 Å². The van der Waals surface area contributed by atoms with E-state index in [0.717, 1.165) is 25.9 Å². The van der Waals surface area contributed by atoms with Crippen LogP contribution in [0.1, 0.15) is 23.2 Å². The lowest BCUT2D eigenvalue weighted by atomic mass is 10.1. The van der Waals surface area contributed by atoms with Crippen LogP contribution in [0, 0.1) is 0 Å². The minimum absolute atomic E-state index is 0.138. The number of carbonyl (C=O) groups is 2. The maximum atomic E-state index is 12.8. The van der Waals surface area contributed by atoms with Crippen molar-refractivity contribution in [2.24, 2.45) is 0 Å². The van der Waals surface area contributed by atoms with Crippen LogP contribution in [0.5, 0.6) is 0 Å². The van der Waals surface area contributed by atoms with E-state index >= 15 is 0 Å². The fourth-order valence-corrected chi connectivity index (χ4v) is 3.24. The summed E-state index contributed by atoms with van der Waals surface area (Å²) in [5, 5.41) is 12.7. The third-order valence-electron chi connectivity index (χ3n) is 4.59. The van der Waals surface area contributed by atoms with E-state index in [-0.39, 0.29) is 18.4 Å². The molecule has 0 aromatic heterocycles. The molecule has 1 aromatic carbocycles. The number of amides is 2. The molecule has 2 aliphatic rings. The molecule has 2 amide bonds. The van der Waals surface area contributed by atoms with Gasteiger partial charge in [-0.3, -0.25) is 14.5 Å². The number of hydrogen-bond acceptors (Lipinski definition) is 5. The zero-order chi connectivity index (χ0) is 17.6. The highest BCUT2D eigenvalue weighted by molar-refractivity contribution is 6.04. The molecule has 1 aromatic rings. The Labute approximate surface area is 147 Å². The van der Waals surface area contributed by atoms with Crippen molar-refractivity contribution in [1.29, 1.82) is 0 Å². The number of β-amino-alcohol motifs (C(OH)–C–C–N with tert-alkyl or cyclic N) is 1. The predicted octanol–water partition coefficient (Wildman–Crippen LogP) is 0.554. The summed E-state index contributed by atoms with van der Waals surface area (Å²) in [4.78, 5) is 28.8. The molecule has 2 N–H and O–H groups in total. The number of carbonyl (C=O) groups excluding carboxylic acids is 2. The summed E-state index contributed by atoms with van der Waals surface area (Å²) in [6, 6.07) is 7.04. The second kappa shape index (κ2) is 8.42. The van der Waals surface area contributed by atoms with Crippen LogP contribution in [0.2, 0.25) is 0 Å². The van der Waals surface area contributed by atoms with Crippen LogP contribution in [-0.2, 0) is 9.53 Å². The standard InChI is InChI=1S/C18H25N3O4/c22-14-4-3-7-21(12-14)18(24)15-5-1-2-6-16(15)19-17(23)13-20-8-10-25-11-9-20/h1-2,5-6,14,22H,3-4,7-13H2,(H,19,23). The Morgan fingerprint density at radius 3 is 2.72 bits per heavy atom. The van der Waals surface area contributed by atoms with Crippen molar-refractivity contribution in [3.05, 3.63) is 29.8 Å². The second-order valence-electron chi connectivity index (χ2n) is 6.53. The lowest BCUT2D eigenvalue weighted by Gasteiger charge is -2.30. The molecule has 0 aliphatic carbocycles. The summed E-state index contributed by atoms with van der Waals surface area (Å²) in [6.45, 7) is 4.01. The third kappa shape index (κ3) is 4.78. The summed E-state index contributed by atoms with van der Waals surface area (Å²) < 4.78 is 5.28. The highest BCUT2D eigenvalue weighted by Crippen LogP contribution is 2.20. The molecule has 25 heavy (non-hydrogen) atoms. The largest absolute Gasteiger partial charge is 0.391 e. The maximum Gasteiger partial charge on any atom is 0.256 e. The van der Waals surface area contributed by atoms with Crippen molar-refractivity contribution in [3.8, 4) is 0 Å². The van der Waals surface area contributed by atoms with Gasteiger partial charge in [0.15, 0.2) is 0 Å². The van der Waals surface area contributed by atoms with Gasteiger partial charge < -0.3 is 20.1 Å². The summed E-state index contributed by atoms with van der Waals surface area (Å²) in [5.74, 6) is -0.290. The van der Waals surface area contributed by atoms with E-state index in [1.165, 1.54) is 0 Å². The van der Waals surface area contributed by atoms with Crippen LogP contribution in [0.15, 0.2) is 24.3 Å². The summed E-state index contributed by atoms with van der Waals surface area (Å²) >= 11 is 0. The van der Waals surface area contributed by atoms with Gasteiger partial charge in [0.1, 0.15) is 0 Å². The minimum Gasteiger partial charge on any atom is -0.391 e. The quantitative estimate of drug-likeness (QED) is 0.831. The zero-order valence-electron chi connectivity index (χ0n) is 14.3. The molecule has 2 saturated heterocycles. The van der Waals surface area contributed by atoms with Crippen molar-refractivity contribution in [2.45, 2.75) is 18.9 Å². The summed E-state index contributed by atoms with van der Waals surface area (Å²) in [6.07, 6.45) is 1.04. The van der Waals surface area contributed by atoms with Crippen LogP contribution >= 0.6 is 0 Å². The number of nitrogens with zero attached hydrogens (tertiary/aromatic N) is 2. The number of aliphatic hydroxyl groups excluding tert-OH is 1. The van der Waals surface area contributed by atoms with Gasteiger partial charge in [0.2, 0.25) is 5.91 Å². The number of benzene rings is 1. The number of nitrogens with one attached hydrogen (secondary N) is 1. The van der Waals surface area contributed by atoms with E-state index in [1.54, 1.807) is 29.2 Å². The van der Waals surface area contributed by atoms with Crippen molar-refractivity contribution in [3.63, 3.8) is 0 Å². The molecule has 3 rings (SSSR count). The molecular weight excluding hydrogens is 322 g/mol. The fourth-order valence-electron chi connectivity index (χ4n) is 3.24. The lowest BCUT2D eigenvalue weighted by molar-refractivity contribution is -0.118. The number of ether oxygens (including phenoxy) is 1. The van der Waals surface area contributed by atoms with Crippen LogP contribution in [-0.4, -0.2) is 78.8 Å². The Morgan fingerprint density at radius 1 is 1.20 bits per heavy atom. The molecule has 0 radical (unpaired) electrons. The Balaban J connectivity index is 1.65. The molecule has 7 heteroatoms. The molecule has 2 fully saturated rings. The van der Waals surface area contributed by atoms with Crippen molar-refractivity contribution in [2.75, 3.05) is 51.3 Å². The molecule has 136 valence electrons. The van der Waals surface area contributed by atoms with E-state index in [9.17, 15) is 14.7 Å². The van der Waals surface area contributed by atoms with Crippen LogP contribution < -0.4 is 5.32 Å². The first-order chi connectivity index (χ1) is 12.1. The third-order valence-corrected chi connectivity index (χ3v) is 4.59.